The van der Waals surface area contributed by atoms with E-state index < -0.39 is 0 Å². The molecule has 0 unspecified atom stereocenters. The highest BCUT2D eigenvalue weighted by molar-refractivity contribution is 5.06. The molecule has 0 atom stereocenters. The Kier molecular flexibility index (Phi) is 2.16. The van der Waals surface area contributed by atoms with Crippen LogP contribution >= 0.6 is 0 Å². The molecule has 0 saturated heterocycles. The lowest BCUT2D eigenvalue weighted by Gasteiger charge is -2.57. The Bertz CT molecular complexity index is 244. The van der Waals surface area contributed by atoms with Crippen LogP contribution in [0.5, 0.6) is 0 Å². The molecule has 5 fully saturated rings. The third kappa shape index (κ3) is 1.54. The first-order valence-electron chi connectivity index (χ1n) is 7.56. The zero-order valence-corrected chi connectivity index (χ0v) is 10.4. The second kappa shape index (κ2) is 3.48. The van der Waals surface area contributed by atoms with E-state index in [4.69, 9.17) is 0 Å². The molecule has 4 bridgehead atoms. The van der Waals surface area contributed by atoms with Gasteiger partial charge in [0.2, 0.25) is 0 Å². The van der Waals surface area contributed by atoms with Crippen LogP contribution in [0.25, 0.3) is 0 Å². The largest absolute Gasteiger partial charge is 0.311 e. The fourth-order valence-electron chi connectivity index (χ4n) is 5.38. The fraction of sp³-hybridized carbons (Fsp3) is 1.00. The van der Waals surface area contributed by atoms with E-state index in [1.165, 1.54) is 45.1 Å². The molecule has 1 heteroatoms. The highest BCUT2D eigenvalue weighted by Crippen LogP contribution is 2.55. The molecule has 0 amide bonds. The Balaban J connectivity index is 1.44. The topological polar surface area (TPSA) is 12.0 Å². The minimum absolute atomic E-state index is 0.615. The van der Waals surface area contributed by atoms with Gasteiger partial charge in [-0.25, -0.2) is 0 Å². The predicted molar refractivity (Wildman–Crippen MR) is 66.2 cm³/mol. The molecule has 1 nitrogen and oxygen atoms in total. The maximum Gasteiger partial charge on any atom is 0.0189 e. The summed E-state index contributed by atoms with van der Waals surface area (Å²) in [6, 6.07) is 0. The van der Waals surface area contributed by atoms with Crippen LogP contribution in [0.4, 0.5) is 0 Å². The van der Waals surface area contributed by atoms with Crippen molar-refractivity contribution < 1.29 is 0 Å². The molecule has 0 aromatic rings. The zero-order valence-electron chi connectivity index (χ0n) is 10.4. The van der Waals surface area contributed by atoms with Crippen molar-refractivity contribution in [1.29, 1.82) is 0 Å². The average Bonchev–Trinajstić information content (AvgIpc) is 2.12. The molecule has 0 radical (unpaired) electrons. The van der Waals surface area contributed by atoms with Crippen LogP contribution in [0.15, 0.2) is 0 Å². The zero-order chi connectivity index (χ0) is 10.6. The first-order chi connectivity index (χ1) is 7.81. The van der Waals surface area contributed by atoms with Crippen molar-refractivity contribution in [3.05, 3.63) is 0 Å². The molecule has 1 N–H and O–H groups in total. The van der Waals surface area contributed by atoms with Gasteiger partial charge in [-0.05, 0) is 81.6 Å². The first-order valence-corrected chi connectivity index (χ1v) is 7.56. The summed E-state index contributed by atoms with van der Waals surface area (Å²) in [7, 11) is 0. The van der Waals surface area contributed by atoms with Crippen LogP contribution in [-0.2, 0) is 0 Å². The molecule has 5 saturated carbocycles. The number of hydrogen-bond acceptors (Lipinski definition) is 1. The molecular formula is C15H25N. The molecule has 0 heterocycles. The first kappa shape index (κ1) is 9.94. The van der Waals surface area contributed by atoms with Crippen LogP contribution < -0.4 is 5.32 Å². The smallest absolute Gasteiger partial charge is 0.0189 e. The molecule has 0 spiro atoms. The van der Waals surface area contributed by atoms with Crippen molar-refractivity contribution in [2.75, 3.05) is 6.54 Å². The summed E-state index contributed by atoms with van der Waals surface area (Å²) in [6.07, 6.45) is 13.8. The molecule has 16 heavy (non-hydrogen) atoms. The molecule has 5 rings (SSSR count). The SMILES string of the molecule is C1CC(CNC23CC4CC(CC(C4)C2)C3)C1. The minimum Gasteiger partial charge on any atom is -0.311 e. The van der Waals surface area contributed by atoms with Gasteiger partial charge >= 0.3 is 0 Å². The van der Waals surface area contributed by atoms with Crippen LogP contribution in [0, 0.1) is 23.7 Å². The summed E-state index contributed by atoms with van der Waals surface area (Å²) >= 11 is 0. The third-order valence-electron chi connectivity index (χ3n) is 6.03. The highest BCUT2D eigenvalue weighted by Gasteiger charge is 2.50. The maximum atomic E-state index is 4.03. The van der Waals surface area contributed by atoms with E-state index in [1.807, 2.05) is 0 Å². The number of hydrogen-bond donors (Lipinski definition) is 1. The van der Waals surface area contributed by atoms with Gasteiger partial charge < -0.3 is 5.32 Å². The standard InChI is InChI=1S/C15H25N/c1-2-11(3-1)10-16-15-7-12-4-13(8-15)6-14(5-12)9-15/h11-14,16H,1-10H2. The molecule has 5 aliphatic rings. The Morgan fingerprint density at radius 2 is 1.44 bits per heavy atom. The molecular weight excluding hydrogens is 194 g/mol. The minimum atomic E-state index is 0.615. The van der Waals surface area contributed by atoms with Crippen molar-refractivity contribution in [3.63, 3.8) is 0 Å². The normalized spacial score (nSPS) is 50.6. The predicted octanol–water partition coefficient (Wildman–Crippen LogP) is 3.34. The van der Waals surface area contributed by atoms with Crippen LogP contribution in [0.3, 0.4) is 0 Å². The van der Waals surface area contributed by atoms with E-state index in [0.29, 0.717) is 5.54 Å². The van der Waals surface area contributed by atoms with E-state index in [-0.39, 0.29) is 0 Å². The van der Waals surface area contributed by atoms with Crippen molar-refractivity contribution in [2.45, 2.75) is 63.3 Å². The van der Waals surface area contributed by atoms with Gasteiger partial charge in [0.05, 0.1) is 0 Å². The monoisotopic (exact) mass is 219 g/mol. The maximum absolute atomic E-state index is 4.03. The lowest BCUT2D eigenvalue weighted by molar-refractivity contribution is -0.0227. The summed E-state index contributed by atoms with van der Waals surface area (Å²) in [6.45, 7) is 1.34. The molecule has 0 aliphatic heterocycles. The summed E-state index contributed by atoms with van der Waals surface area (Å²) < 4.78 is 0. The number of rotatable bonds is 3. The van der Waals surface area contributed by atoms with Gasteiger partial charge in [-0.3, -0.25) is 0 Å². The molecule has 5 aliphatic carbocycles. The third-order valence-corrected chi connectivity index (χ3v) is 6.03. The van der Waals surface area contributed by atoms with Crippen molar-refractivity contribution in [3.8, 4) is 0 Å². The van der Waals surface area contributed by atoms with E-state index >= 15 is 0 Å². The van der Waals surface area contributed by atoms with Crippen LogP contribution in [-0.4, -0.2) is 12.1 Å². The van der Waals surface area contributed by atoms with Crippen molar-refractivity contribution in [2.24, 2.45) is 23.7 Å². The Morgan fingerprint density at radius 3 is 1.88 bits per heavy atom. The van der Waals surface area contributed by atoms with Crippen LogP contribution in [0.2, 0.25) is 0 Å². The van der Waals surface area contributed by atoms with Gasteiger partial charge in [0.1, 0.15) is 0 Å². The average molecular weight is 219 g/mol. The van der Waals surface area contributed by atoms with Crippen molar-refractivity contribution in [1.82, 2.24) is 5.32 Å². The van der Waals surface area contributed by atoms with Gasteiger partial charge in [-0.15, -0.1) is 0 Å². The van der Waals surface area contributed by atoms with Crippen molar-refractivity contribution >= 4 is 0 Å². The Hall–Kier alpha value is -0.0400. The van der Waals surface area contributed by atoms with E-state index in [2.05, 4.69) is 5.32 Å². The van der Waals surface area contributed by atoms with E-state index in [9.17, 15) is 0 Å². The van der Waals surface area contributed by atoms with Gasteiger partial charge in [-0.2, -0.15) is 0 Å². The fourth-order valence-corrected chi connectivity index (χ4v) is 5.38. The van der Waals surface area contributed by atoms with Gasteiger partial charge in [0.25, 0.3) is 0 Å². The second-order valence-electron chi connectivity index (χ2n) is 7.38. The summed E-state index contributed by atoms with van der Waals surface area (Å²) in [5.41, 5.74) is 0.615. The van der Waals surface area contributed by atoms with Crippen LogP contribution in [0.1, 0.15) is 57.8 Å². The highest BCUT2D eigenvalue weighted by atomic mass is 15.0. The molecule has 0 aromatic carbocycles. The lowest BCUT2D eigenvalue weighted by atomic mass is 9.53. The van der Waals surface area contributed by atoms with Gasteiger partial charge in [-0.1, -0.05) is 6.42 Å². The van der Waals surface area contributed by atoms with Gasteiger partial charge in [0, 0.05) is 5.54 Å². The summed E-state index contributed by atoms with van der Waals surface area (Å²) in [4.78, 5) is 0. The lowest BCUT2D eigenvalue weighted by Crippen LogP contribution is -2.59. The van der Waals surface area contributed by atoms with E-state index in [0.717, 1.165) is 23.7 Å². The van der Waals surface area contributed by atoms with E-state index in [1.54, 1.807) is 19.3 Å². The number of nitrogens with one attached hydrogen (secondary N) is 1. The van der Waals surface area contributed by atoms with Gasteiger partial charge in [0.15, 0.2) is 0 Å². The summed E-state index contributed by atoms with van der Waals surface area (Å²) in [5, 5.41) is 4.03. The molecule has 90 valence electrons. The summed E-state index contributed by atoms with van der Waals surface area (Å²) in [5.74, 6) is 4.33. The second-order valence-corrected chi connectivity index (χ2v) is 7.38. The Morgan fingerprint density at radius 1 is 0.875 bits per heavy atom. The molecule has 0 aromatic heterocycles. The quantitative estimate of drug-likeness (QED) is 0.767. The Labute approximate surface area is 99.4 Å².